The van der Waals surface area contributed by atoms with Crippen LogP contribution in [0.5, 0.6) is 5.75 Å². The topological polar surface area (TPSA) is 21.3 Å². The Balaban J connectivity index is 2.70. The Kier molecular flexibility index (Phi) is 7.68. The molecule has 1 aromatic carbocycles. The van der Waals surface area contributed by atoms with Gasteiger partial charge in [-0.25, -0.2) is 0 Å². The first-order chi connectivity index (χ1) is 9.60. The van der Waals surface area contributed by atoms with Gasteiger partial charge in [0.25, 0.3) is 0 Å². The number of hydrogen-bond donors (Lipinski definition) is 1. The van der Waals surface area contributed by atoms with Gasteiger partial charge in [-0.05, 0) is 42.5 Å². The van der Waals surface area contributed by atoms with Gasteiger partial charge in [0.15, 0.2) is 0 Å². The van der Waals surface area contributed by atoms with E-state index in [4.69, 9.17) is 4.74 Å². The van der Waals surface area contributed by atoms with E-state index in [2.05, 4.69) is 57.3 Å². The second kappa shape index (κ2) is 9.02. The van der Waals surface area contributed by atoms with Crippen LogP contribution in [0.3, 0.4) is 0 Å². The number of ether oxygens (including phenoxy) is 1. The molecule has 0 aliphatic carbocycles. The predicted octanol–water partition coefficient (Wildman–Crippen LogP) is 4.29. The van der Waals surface area contributed by atoms with Gasteiger partial charge in [0, 0.05) is 6.04 Å². The third kappa shape index (κ3) is 5.54. The fraction of sp³-hybridized carbons (Fsp3) is 0.667. The summed E-state index contributed by atoms with van der Waals surface area (Å²) >= 11 is 0. The van der Waals surface area contributed by atoms with Crippen molar-refractivity contribution < 1.29 is 4.74 Å². The molecule has 1 N–H and O–H groups in total. The van der Waals surface area contributed by atoms with Crippen LogP contribution in [0.2, 0.25) is 0 Å². The van der Waals surface area contributed by atoms with Crippen molar-refractivity contribution in [1.29, 1.82) is 0 Å². The molecule has 0 aromatic heterocycles. The summed E-state index contributed by atoms with van der Waals surface area (Å²) in [7, 11) is 1.72. The molecule has 20 heavy (non-hydrogen) atoms. The van der Waals surface area contributed by atoms with Gasteiger partial charge in [0.1, 0.15) is 5.75 Å². The third-order valence-electron chi connectivity index (χ3n) is 4.16. The van der Waals surface area contributed by atoms with Gasteiger partial charge >= 0.3 is 0 Å². The van der Waals surface area contributed by atoms with Gasteiger partial charge in [0.2, 0.25) is 0 Å². The molecule has 2 heteroatoms. The molecule has 0 bridgehead atoms. The molecular weight excluding hydrogens is 246 g/mol. The van der Waals surface area contributed by atoms with Crippen LogP contribution in [0.15, 0.2) is 24.3 Å². The summed E-state index contributed by atoms with van der Waals surface area (Å²) in [6.45, 7) is 10.2. The zero-order valence-electron chi connectivity index (χ0n) is 13.8. The minimum absolute atomic E-state index is 0.558. The van der Waals surface area contributed by atoms with Crippen molar-refractivity contribution in [3.63, 3.8) is 0 Å². The Morgan fingerprint density at radius 3 is 2.05 bits per heavy atom. The minimum atomic E-state index is 0.558. The second-order valence-electron chi connectivity index (χ2n) is 5.95. The first-order valence-corrected chi connectivity index (χ1v) is 7.96. The van der Waals surface area contributed by atoms with E-state index in [-0.39, 0.29) is 0 Å². The number of methoxy groups -OCH3 is 1. The monoisotopic (exact) mass is 277 g/mol. The van der Waals surface area contributed by atoms with E-state index in [0.29, 0.717) is 12.0 Å². The Bertz CT molecular complexity index is 354. The zero-order valence-corrected chi connectivity index (χ0v) is 13.8. The van der Waals surface area contributed by atoms with E-state index in [1.54, 1.807) is 7.11 Å². The quantitative estimate of drug-likeness (QED) is 0.727. The molecule has 0 heterocycles. The van der Waals surface area contributed by atoms with Crippen LogP contribution in [-0.2, 0) is 6.42 Å². The van der Waals surface area contributed by atoms with Gasteiger partial charge in [-0.2, -0.15) is 0 Å². The van der Waals surface area contributed by atoms with E-state index < -0.39 is 0 Å². The molecule has 0 fully saturated rings. The standard InChI is InChI=1S/C18H31NO/c1-6-16(7-2)17(13-19-14(3)4)12-15-8-10-18(20-5)11-9-15/h8-11,14,16-17,19H,6-7,12-13H2,1-5H3. The summed E-state index contributed by atoms with van der Waals surface area (Å²) in [5.74, 6) is 2.44. The Morgan fingerprint density at radius 1 is 1.00 bits per heavy atom. The lowest BCUT2D eigenvalue weighted by molar-refractivity contribution is 0.291. The summed E-state index contributed by atoms with van der Waals surface area (Å²) in [6, 6.07) is 9.08. The summed E-state index contributed by atoms with van der Waals surface area (Å²) < 4.78 is 5.23. The van der Waals surface area contributed by atoms with Crippen LogP contribution in [0.25, 0.3) is 0 Å². The third-order valence-corrected chi connectivity index (χ3v) is 4.16. The number of hydrogen-bond acceptors (Lipinski definition) is 2. The highest BCUT2D eigenvalue weighted by atomic mass is 16.5. The molecule has 1 unspecified atom stereocenters. The molecule has 0 radical (unpaired) electrons. The fourth-order valence-corrected chi connectivity index (χ4v) is 2.81. The average Bonchev–Trinajstić information content (AvgIpc) is 2.46. The maximum absolute atomic E-state index is 5.23. The molecule has 1 aromatic rings. The highest BCUT2D eigenvalue weighted by Gasteiger charge is 2.19. The van der Waals surface area contributed by atoms with E-state index in [1.807, 2.05) is 0 Å². The Hall–Kier alpha value is -1.02. The average molecular weight is 277 g/mol. The van der Waals surface area contributed by atoms with Crippen molar-refractivity contribution >= 4 is 0 Å². The lowest BCUT2D eigenvalue weighted by Gasteiger charge is -2.27. The second-order valence-corrected chi connectivity index (χ2v) is 5.95. The lowest BCUT2D eigenvalue weighted by atomic mass is 9.83. The van der Waals surface area contributed by atoms with Crippen LogP contribution in [0.1, 0.15) is 46.1 Å². The summed E-state index contributed by atoms with van der Waals surface area (Å²) in [4.78, 5) is 0. The molecular formula is C18H31NO. The normalized spacial score (nSPS) is 12.9. The largest absolute Gasteiger partial charge is 0.497 e. The number of benzene rings is 1. The zero-order chi connectivity index (χ0) is 15.0. The number of rotatable bonds is 9. The summed E-state index contributed by atoms with van der Waals surface area (Å²) in [6.07, 6.45) is 3.67. The number of nitrogens with one attached hydrogen (secondary N) is 1. The molecule has 0 aliphatic rings. The van der Waals surface area contributed by atoms with Crippen molar-refractivity contribution in [3.05, 3.63) is 29.8 Å². The van der Waals surface area contributed by atoms with Crippen LogP contribution >= 0.6 is 0 Å². The maximum Gasteiger partial charge on any atom is 0.118 e. The van der Waals surface area contributed by atoms with Crippen LogP contribution in [-0.4, -0.2) is 19.7 Å². The highest BCUT2D eigenvalue weighted by Crippen LogP contribution is 2.24. The van der Waals surface area contributed by atoms with Crippen LogP contribution < -0.4 is 10.1 Å². The first kappa shape index (κ1) is 17.0. The molecule has 1 rings (SSSR count). The van der Waals surface area contributed by atoms with Crippen molar-refractivity contribution in [3.8, 4) is 5.75 Å². The van der Waals surface area contributed by atoms with E-state index in [1.165, 1.54) is 18.4 Å². The predicted molar refractivity (Wildman–Crippen MR) is 87.4 cm³/mol. The summed E-state index contributed by atoms with van der Waals surface area (Å²) in [5.41, 5.74) is 1.41. The molecule has 0 saturated carbocycles. The molecule has 2 nitrogen and oxygen atoms in total. The van der Waals surface area contributed by atoms with Crippen molar-refractivity contribution in [2.45, 2.75) is 53.0 Å². The van der Waals surface area contributed by atoms with Gasteiger partial charge in [-0.3, -0.25) is 0 Å². The van der Waals surface area contributed by atoms with E-state index >= 15 is 0 Å². The Morgan fingerprint density at radius 2 is 1.60 bits per heavy atom. The molecule has 0 saturated heterocycles. The molecule has 0 amide bonds. The Labute approximate surface area is 124 Å². The van der Waals surface area contributed by atoms with Crippen LogP contribution in [0.4, 0.5) is 0 Å². The van der Waals surface area contributed by atoms with Gasteiger partial charge in [-0.1, -0.05) is 52.7 Å². The first-order valence-electron chi connectivity index (χ1n) is 7.96. The van der Waals surface area contributed by atoms with Gasteiger partial charge < -0.3 is 10.1 Å². The van der Waals surface area contributed by atoms with Gasteiger partial charge in [0.05, 0.1) is 7.11 Å². The van der Waals surface area contributed by atoms with Crippen molar-refractivity contribution in [2.75, 3.05) is 13.7 Å². The molecule has 1 atom stereocenters. The fourth-order valence-electron chi connectivity index (χ4n) is 2.81. The smallest absolute Gasteiger partial charge is 0.118 e. The minimum Gasteiger partial charge on any atom is -0.497 e. The van der Waals surface area contributed by atoms with E-state index in [0.717, 1.165) is 24.6 Å². The lowest BCUT2D eigenvalue weighted by Crippen LogP contribution is -2.33. The maximum atomic E-state index is 5.23. The SMILES string of the molecule is CCC(CC)C(CNC(C)C)Cc1ccc(OC)cc1. The molecule has 0 aliphatic heterocycles. The summed E-state index contributed by atoms with van der Waals surface area (Å²) in [5, 5.41) is 3.61. The molecule has 0 spiro atoms. The molecule has 114 valence electrons. The van der Waals surface area contributed by atoms with Crippen LogP contribution in [0, 0.1) is 11.8 Å². The van der Waals surface area contributed by atoms with Crippen molar-refractivity contribution in [2.24, 2.45) is 11.8 Å². The van der Waals surface area contributed by atoms with Crippen molar-refractivity contribution in [1.82, 2.24) is 5.32 Å². The highest BCUT2D eigenvalue weighted by molar-refractivity contribution is 5.27. The van der Waals surface area contributed by atoms with E-state index in [9.17, 15) is 0 Å². The van der Waals surface area contributed by atoms with Gasteiger partial charge in [-0.15, -0.1) is 0 Å².